The van der Waals surface area contributed by atoms with Gasteiger partial charge in [-0.1, -0.05) is 6.08 Å². The van der Waals surface area contributed by atoms with Crippen molar-refractivity contribution < 1.29 is 9.53 Å². The molecule has 13 heavy (non-hydrogen) atoms. The van der Waals surface area contributed by atoms with Crippen LogP contribution in [0.5, 0.6) is 0 Å². The van der Waals surface area contributed by atoms with Crippen molar-refractivity contribution in [3.8, 4) is 0 Å². The first-order chi connectivity index (χ1) is 6.07. The second kappa shape index (κ2) is 6.48. The summed E-state index contributed by atoms with van der Waals surface area (Å²) in [6, 6.07) is 0.304. The van der Waals surface area contributed by atoms with Crippen molar-refractivity contribution in [2.45, 2.75) is 13.0 Å². The fraction of sp³-hybridized carbons (Fsp3) is 0.667. The van der Waals surface area contributed by atoms with Crippen LogP contribution in [0.3, 0.4) is 0 Å². The monoisotopic (exact) mass is 186 g/mol. The maximum Gasteiger partial charge on any atom is 0.409 e. The van der Waals surface area contributed by atoms with E-state index in [0.717, 1.165) is 0 Å². The lowest BCUT2D eigenvalue weighted by atomic mass is 10.3. The lowest BCUT2D eigenvalue weighted by molar-refractivity contribution is 0.129. The molecule has 4 nitrogen and oxygen atoms in total. The van der Waals surface area contributed by atoms with Crippen LogP contribution in [-0.2, 0) is 4.74 Å². The topological polar surface area (TPSA) is 41.6 Å². The number of hydrogen-bond donors (Lipinski definition) is 1. The molecule has 0 aromatic heterocycles. The molecule has 1 N–H and O–H groups in total. The van der Waals surface area contributed by atoms with Gasteiger partial charge in [-0.25, -0.2) is 4.79 Å². The highest BCUT2D eigenvalue weighted by Crippen LogP contribution is 1.88. The summed E-state index contributed by atoms with van der Waals surface area (Å²) in [7, 11) is 5.19. The molecular weight excluding hydrogens is 168 g/mol. The van der Waals surface area contributed by atoms with Crippen molar-refractivity contribution >= 4 is 6.09 Å². The van der Waals surface area contributed by atoms with Crippen LogP contribution in [0.4, 0.5) is 4.79 Å². The Morgan fingerprint density at radius 2 is 2.23 bits per heavy atom. The zero-order chi connectivity index (χ0) is 10.3. The first-order valence-corrected chi connectivity index (χ1v) is 4.26. The number of ether oxygens (including phenoxy) is 1. The largest absolute Gasteiger partial charge is 0.445 e. The summed E-state index contributed by atoms with van der Waals surface area (Å²) in [5.41, 5.74) is 0. The van der Waals surface area contributed by atoms with Gasteiger partial charge in [0.25, 0.3) is 0 Å². The third kappa shape index (κ3) is 6.16. The van der Waals surface area contributed by atoms with Gasteiger partial charge in [0.1, 0.15) is 6.61 Å². The quantitative estimate of drug-likeness (QED) is 0.662. The fourth-order valence-corrected chi connectivity index (χ4v) is 0.604. The van der Waals surface area contributed by atoms with E-state index in [1.54, 1.807) is 14.1 Å². The Bertz CT molecular complexity index is 178. The summed E-state index contributed by atoms with van der Waals surface area (Å²) in [5.74, 6) is 0. The zero-order valence-corrected chi connectivity index (χ0v) is 8.70. The molecule has 0 aliphatic rings. The molecule has 1 atom stereocenters. The summed E-state index contributed by atoms with van der Waals surface area (Å²) < 4.78 is 4.87. The van der Waals surface area contributed by atoms with Gasteiger partial charge in [0.05, 0.1) is 0 Å². The molecule has 0 heterocycles. The zero-order valence-electron chi connectivity index (χ0n) is 8.70. The molecule has 76 valence electrons. The lowest BCUT2D eigenvalue weighted by Crippen LogP contribution is -2.23. The van der Waals surface area contributed by atoms with Gasteiger partial charge in [-0.05, 0) is 20.0 Å². The number of amides is 1. The number of nitrogens with zero attached hydrogens (tertiary/aromatic N) is 1. The molecule has 0 aliphatic heterocycles. The van der Waals surface area contributed by atoms with E-state index in [0.29, 0.717) is 12.6 Å². The highest BCUT2D eigenvalue weighted by Gasteiger charge is 2.01. The van der Waals surface area contributed by atoms with E-state index in [1.165, 1.54) is 4.90 Å². The molecule has 0 rings (SSSR count). The van der Waals surface area contributed by atoms with Gasteiger partial charge in [-0.3, -0.25) is 0 Å². The van der Waals surface area contributed by atoms with Crippen LogP contribution in [0.25, 0.3) is 0 Å². The molecule has 0 aliphatic carbocycles. The van der Waals surface area contributed by atoms with E-state index in [2.05, 4.69) is 5.32 Å². The molecule has 4 heteroatoms. The summed E-state index contributed by atoms with van der Waals surface area (Å²) in [6.45, 7) is 2.34. The van der Waals surface area contributed by atoms with E-state index in [1.807, 2.05) is 26.1 Å². The number of rotatable bonds is 4. The van der Waals surface area contributed by atoms with Crippen molar-refractivity contribution in [3.05, 3.63) is 12.2 Å². The molecule has 0 spiro atoms. The average molecular weight is 186 g/mol. The van der Waals surface area contributed by atoms with Gasteiger partial charge in [-0.15, -0.1) is 0 Å². The van der Waals surface area contributed by atoms with Crippen LogP contribution in [-0.4, -0.2) is 44.8 Å². The smallest absolute Gasteiger partial charge is 0.409 e. The minimum atomic E-state index is -0.318. The predicted molar refractivity (Wildman–Crippen MR) is 52.7 cm³/mol. The highest BCUT2D eigenvalue weighted by molar-refractivity contribution is 5.66. The maximum absolute atomic E-state index is 10.9. The molecule has 0 fully saturated rings. The van der Waals surface area contributed by atoms with Crippen LogP contribution in [0.1, 0.15) is 6.92 Å². The van der Waals surface area contributed by atoms with Crippen LogP contribution in [0.2, 0.25) is 0 Å². The summed E-state index contributed by atoms with van der Waals surface area (Å²) in [6.07, 6.45) is 3.45. The van der Waals surface area contributed by atoms with Crippen molar-refractivity contribution in [2.24, 2.45) is 0 Å². The summed E-state index contributed by atoms with van der Waals surface area (Å²) >= 11 is 0. The number of carbonyl (C=O) groups excluding carboxylic acids is 1. The van der Waals surface area contributed by atoms with E-state index >= 15 is 0 Å². The van der Waals surface area contributed by atoms with Crippen LogP contribution in [0, 0.1) is 0 Å². The molecular formula is C9H18N2O2. The van der Waals surface area contributed by atoms with Crippen LogP contribution in [0.15, 0.2) is 12.2 Å². The first kappa shape index (κ1) is 12.0. The van der Waals surface area contributed by atoms with E-state index in [9.17, 15) is 4.79 Å². The second-order valence-corrected chi connectivity index (χ2v) is 2.98. The number of nitrogens with one attached hydrogen (secondary N) is 1. The Balaban J connectivity index is 3.55. The molecule has 1 unspecified atom stereocenters. The molecule has 0 saturated carbocycles. The standard InChI is InChI=1S/C9H18N2O2/c1-8(10-2)6-5-7-13-9(12)11(3)4/h5-6,8,10H,7H2,1-4H3/b6-5+. The van der Waals surface area contributed by atoms with Crippen LogP contribution >= 0.6 is 0 Å². The van der Waals surface area contributed by atoms with E-state index in [4.69, 9.17) is 4.74 Å². The minimum Gasteiger partial charge on any atom is -0.445 e. The van der Waals surface area contributed by atoms with Gasteiger partial charge in [0.15, 0.2) is 0 Å². The Morgan fingerprint density at radius 1 is 1.62 bits per heavy atom. The molecule has 0 bridgehead atoms. The highest BCUT2D eigenvalue weighted by atomic mass is 16.5. The molecule has 1 amide bonds. The van der Waals surface area contributed by atoms with Crippen molar-refractivity contribution in [2.75, 3.05) is 27.7 Å². The Kier molecular flexibility index (Phi) is 5.97. The van der Waals surface area contributed by atoms with Gasteiger partial charge >= 0.3 is 6.09 Å². The Hall–Kier alpha value is -1.03. The normalized spacial score (nSPS) is 12.9. The number of carbonyl (C=O) groups is 1. The first-order valence-electron chi connectivity index (χ1n) is 4.26. The van der Waals surface area contributed by atoms with Crippen molar-refractivity contribution in [1.29, 1.82) is 0 Å². The molecule has 0 aromatic rings. The fourth-order valence-electron chi connectivity index (χ4n) is 0.604. The SMILES string of the molecule is CNC(C)/C=C/COC(=O)N(C)C. The Labute approximate surface area is 79.6 Å². The maximum atomic E-state index is 10.9. The number of hydrogen-bond acceptors (Lipinski definition) is 3. The lowest BCUT2D eigenvalue weighted by Gasteiger charge is -2.09. The molecule has 0 saturated heterocycles. The van der Waals surface area contributed by atoms with Gasteiger partial charge in [-0.2, -0.15) is 0 Å². The molecule has 0 aromatic carbocycles. The van der Waals surface area contributed by atoms with E-state index < -0.39 is 0 Å². The van der Waals surface area contributed by atoms with Crippen LogP contribution < -0.4 is 5.32 Å². The van der Waals surface area contributed by atoms with Gasteiger partial charge in [0, 0.05) is 20.1 Å². The summed E-state index contributed by atoms with van der Waals surface area (Å²) in [4.78, 5) is 12.3. The van der Waals surface area contributed by atoms with Crippen molar-refractivity contribution in [1.82, 2.24) is 10.2 Å². The van der Waals surface area contributed by atoms with Gasteiger partial charge in [0.2, 0.25) is 0 Å². The number of likely N-dealkylation sites (N-methyl/N-ethyl adjacent to an activating group) is 1. The third-order valence-electron chi connectivity index (χ3n) is 1.55. The average Bonchev–Trinajstić information content (AvgIpc) is 2.11. The minimum absolute atomic E-state index is 0.304. The van der Waals surface area contributed by atoms with E-state index in [-0.39, 0.29) is 6.09 Å². The second-order valence-electron chi connectivity index (χ2n) is 2.98. The van der Waals surface area contributed by atoms with Crippen molar-refractivity contribution in [3.63, 3.8) is 0 Å². The Morgan fingerprint density at radius 3 is 2.69 bits per heavy atom. The summed E-state index contributed by atoms with van der Waals surface area (Å²) in [5, 5.41) is 3.04. The third-order valence-corrected chi connectivity index (χ3v) is 1.55. The molecule has 0 radical (unpaired) electrons. The predicted octanol–water partition coefficient (Wildman–Crippen LogP) is 0.849. The van der Waals surface area contributed by atoms with Gasteiger partial charge < -0.3 is 15.0 Å².